The lowest BCUT2D eigenvalue weighted by atomic mass is 9.74. The number of aliphatic hydroxyl groups is 1. The molecule has 0 spiro atoms. The summed E-state index contributed by atoms with van der Waals surface area (Å²) in [5, 5.41) is 9.99. The normalized spacial score (nSPS) is 23.8. The maximum atomic E-state index is 12.9. The maximum Gasteiger partial charge on any atom is 0.272 e. The van der Waals surface area contributed by atoms with Crippen molar-refractivity contribution in [2.45, 2.75) is 30.8 Å². The Morgan fingerprint density at radius 2 is 1.82 bits per heavy atom. The van der Waals surface area contributed by atoms with Crippen molar-refractivity contribution in [2.75, 3.05) is 20.2 Å². The molecule has 2 fully saturated rings. The Labute approximate surface area is 164 Å². The van der Waals surface area contributed by atoms with E-state index in [4.69, 9.17) is 0 Å². The second kappa shape index (κ2) is 7.72. The summed E-state index contributed by atoms with van der Waals surface area (Å²) < 4.78 is 0. The maximum absolute atomic E-state index is 12.9. The van der Waals surface area contributed by atoms with Gasteiger partial charge in [0.1, 0.15) is 5.69 Å². The Kier molecular flexibility index (Phi) is 5.13. The molecule has 146 valence electrons. The number of hydrogen-bond donors (Lipinski definition) is 1. The summed E-state index contributed by atoms with van der Waals surface area (Å²) in [5.41, 5.74) is 1.48. The number of rotatable bonds is 6. The monoisotopic (exact) mass is 379 g/mol. The molecule has 2 heterocycles. The van der Waals surface area contributed by atoms with Gasteiger partial charge in [-0.25, -0.2) is 0 Å². The summed E-state index contributed by atoms with van der Waals surface area (Å²) in [4.78, 5) is 33.2. The number of likely N-dealkylation sites (tertiary alicyclic amines) is 1. The molecule has 1 aliphatic carbocycles. The van der Waals surface area contributed by atoms with E-state index in [0.29, 0.717) is 12.2 Å². The highest BCUT2D eigenvalue weighted by Crippen LogP contribution is 2.44. The highest BCUT2D eigenvalue weighted by Gasteiger charge is 2.53. The summed E-state index contributed by atoms with van der Waals surface area (Å²) in [6.45, 7) is 0.330. The fraction of sp³-hybridized carbons (Fsp3) is 0.409. The smallest absolute Gasteiger partial charge is 0.272 e. The molecule has 0 radical (unpaired) electrons. The average molecular weight is 379 g/mol. The van der Waals surface area contributed by atoms with Crippen LogP contribution in [0.4, 0.5) is 0 Å². The average Bonchev–Trinajstić information content (AvgIpc) is 3.57. The molecule has 6 heteroatoms. The Morgan fingerprint density at radius 1 is 1.11 bits per heavy atom. The van der Waals surface area contributed by atoms with Gasteiger partial charge in [-0.2, -0.15) is 0 Å². The Balaban J connectivity index is 1.58. The van der Waals surface area contributed by atoms with Gasteiger partial charge in [0.15, 0.2) is 0 Å². The second-order valence-electron chi connectivity index (χ2n) is 7.67. The van der Waals surface area contributed by atoms with E-state index in [0.717, 1.165) is 18.4 Å². The van der Waals surface area contributed by atoms with Crippen molar-refractivity contribution in [1.82, 2.24) is 14.8 Å². The van der Waals surface area contributed by atoms with Crippen LogP contribution in [0.1, 0.15) is 34.8 Å². The van der Waals surface area contributed by atoms with Gasteiger partial charge in [-0.05, 0) is 30.5 Å². The molecule has 0 unspecified atom stereocenters. The van der Waals surface area contributed by atoms with Gasteiger partial charge in [0.25, 0.3) is 5.91 Å². The van der Waals surface area contributed by atoms with Gasteiger partial charge in [0.2, 0.25) is 5.91 Å². The molecular weight excluding hydrogens is 354 g/mol. The molecule has 1 aromatic carbocycles. The predicted molar refractivity (Wildman–Crippen MR) is 105 cm³/mol. The molecule has 28 heavy (non-hydrogen) atoms. The first-order valence-electron chi connectivity index (χ1n) is 9.76. The van der Waals surface area contributed by atoms with Crippen LogP contribution >= 0.6 is 0 Å². The summed E-state index contributed by atoms with van der Waals surface area (Å²) in [7, 11) is 1.74. The van der Waals surface area contributed by atoms with Crippen LogP contribution in [0.3, 0.4) is 0 Å². The zero-order valence-electron chi connectivity index (χ0n) is 15.9. The third-order valence-electron chi connectivity index (χ3n) is 5.79. The van der Waals surface area contributed by atoms with Crippen molar-refractivity contribution in [3.8, 4) is 0 Å². The van der Waals surface area contributed by atoms with Crippen LogP contribution in [0.2, 0.25) is 0 Å². The Bertz CT molecular complexity index is 839. The van der Waals surface area contributed by atoms with Crippen molar-refractivity contribution >= 4 is 11.8 Å². The lowest BCUT2D eigenvalue weighted by Gasteiger charge is -2.56. The number of nitrogens with zero attached hydrogens (tertiary/aromatic N) is 3. The summed E-state index contributed by atoms with van der Waals surface area (Å²) >= 11 is 0. The number of aliphatic hydroxyl groups excluding tert-OH is 1. The minimum absolute atomic E-state index is 0.00730. The van der Waals surface area contributed by atoms with Crippen LogP contribution in [-0.2, 0) is 4.79 Å². The predicted octanol–water partition coefficient (Wildman–Crippen LogP) is 1.92. The SMILES string of the molecule is CN(C[C@@H]1[C@H](c2ccccc2)[C@@H](CO)N1C(=O)C1CC1)C(=O)c1ccccn1. The second-order valence-corrected chi connectivity index (χ2v) is 7.67. The molecule has 3 atom stereocenters. The minimum atomic E-state index is -0.237. The number of hydrogen-bond acceptors (Lipinski definition) is 4. The van der Waals surface area contributed by atoms with E-state index in [2.05, 4.69) is 4.98 Å². The van der Waals surface area contributed by atoms with Gasteiger partial charge in [0.05, 0.1) is 18.7 Å². The van der Waals surface area contributed by atoms with Crippen molar-refractivity contribution in [1.29, 1.82) is 0 Å². The van der Waals surface area contributed by atoms with Gasteiger partial charge in [0, 0.05) is 31.6 Å². The van der Waals surface area contributed by atoms with Crippen LogP contribution < -0.4 is 0 Å². The highest BCUT2D eigenvalue weighted by molar-refractivity contribution is 5.92. The van der Waals surface area contributed by atoms with E-state index in [1.807, 2.05) is 35.2 Å². The standard InChI is InChI=1S/C22H25N3O3/c1-24(22(28)17-9-5-6-12-23-17)13-18-20(15-7-3-2-4-8-15)19(14-26)25(18)21(27)16-10-11-16/h2-9,12,16,18-20,26H,10-11,13-14H2,1H3/t18-,19-,20+/m1/s1. The molecule has 1 N–H and O–H groups in total. The molecule has 4 rings (SSSR count). The van der Waals surface area contributed by atoms with Crippen LogP contribution in [-0.4, -0.2) is 64.0 Å². The largest absolute Gasteiger partial charge is 0.394 e. The van der Waals surface area contributed by atoms with E-state index in [-0.39, 0.29) is 42.3 Å². The number of aromatic nitrogens is 1. The van der Waals surface area contributed by atoms with Crippen LogP contribution in [0, 0.1) is 5.92 Å². The van der Waals surface area contributed by atoms with Crippen molar-refractivity contribution in [2.24, 2.45) is 5.92 Å². The van der Waals surface area contributed by atoms with Gasteiger partial charge < -0.3 is 14.9 Å². The fourth-order valence-corrected chi connectivity index (χ4v) is 4.19. The number of amides is 2. The van der Waals surface area contributed by atoms with Crippen LogP contribution in [0.5, 0.6) is 0 Å². The highest BCUT2D eigenvalue weighted by atomic mass is 16.3. The molecule has 6 nitrogen and oxygen atoms in total. The van der Waals surface area contributed by atoms with E-state index in [1.54, 1.807) is 36.3 Å². The molecule has 1 saturated heterocycles. The van der Waals surface area contributed by atoms with Gasteiger partial charge >= 0.3 is 0 Å². The number of carbonyl (C=O) groups is 2. The quantitative estimate of drug-likeness (QED) is 0.832. The molecule has 1 aromatic heterocycles. The molecule has 1 aliphatic heterocycles. The van der Waals surface area contributed by atoms with Crippen LogP contribution in [0.25, 0.3) is 0 Å². The zero-order valence-corrected chi connectivity index (χ0v) is 15.9. The minimum Gasteiger partial charge on any atom is -0.394 e. The molecule has 0 bridgehead atoms. The number of pyridine rings is 1. The lowest BCUT2D eigenvalue weighted by Crippen LogP contribution is -2.69. The molecule has 2 aromatic rings. The van der Waals surface area contributed by atoms with E-state index in [1.165, 1.54) is 0 Å². The summed E-state index contributed by atoms with van der Waals surface area (Å²) in [5.74, 6) is 0.0200. The summed E-state index contributed by atoms with van der Waals surface area (Å²) in [6, 6.07) is 14.8. The molecule has 2 amide bonds. The first-order chi connectivity index (χ1) is 13.6. The van der Waals surface area contributed by atoms with Crippen molar-refractivity contribution in [3.63, 3.8) is 0 Å². The first-order valence-corrected chi connectivity index (χ1v) is 9.76. The van der Waals surface area contributed by atoms with E-state index >= 15 is 0 Å². The first kappa shape index (κ1) is 18.6. The number of carbonyl (C=O) groups excluding carboxylic acids is 2. The lowest BCUT2D eigenvalue weighted by molar-refractivity contribution is -0.153. The van der Waals surface area contributed by atoms with Crippen molar-refractivity contribution in [3.05, 3.63) is 66.0 Å². The van der Waals surface area contributed by atoms with Gasteiger partial charge in [-0.3, -0.25) is 14.6 Å². The van der Waals surface area contributed by atoms with E-state index < -0.39 is 0 Å². The molecular formula is C22H25N3O3. The van der Waals surface area contributed by atoms with Crippen molar-refractivity contribution < 1.29 is 14.7 Å². The molecule has 2 aliphatic rings. The zero-order chi connectivity index (χ0) is 19.7. The third-order valence-corrected chi connectivity index (χ3v) is 5.79. The van der Waals surface area contributed by atoms with Gasteiger partial charge in [-0.1, -0.05) is 36.4 Å². The Morgan fingerprint density at radius 3 is 2.43 bits per heavy atom. The number of likely N-dealkylation sites (N-methyl/N-ethyl adjacent to an activating group) is 1. The topological polar surface area (TPSA) is 73.7 Å². The number of benzene rings is 1. The fourth-order valence-electron chi connectivity index (χ4n) is 4.19. The van der Waals surface area contributed by atoms with Gasteiger partial charge in [-0.15, -0.1) is 0 Å². The third kappa shape index (κ3) is 3.40. The summed E-state index contributed by atoms with van der Waals surface area (Å²) in [6.07, 6.45) is 3.43. The Hall–Kier alpha value is -2.73. The molecule has 1 saturated carbocycles. The van der Waals surface area contributed by atoms with E-state index in [9.17, 15) is 14.7 Å². The van der Waals surface area contributed by atoms with Crippen LogP contribution in [0.15, 0.2) is 54.7 Å².